The van der Waals surface area contributed by atoms with Crippen molar-refractivity contribution in [2.24, 2.45) is 0 Å². The summed E-state index contributed by atoms with van der Waals surface area (Å²) in [4.78, 5) is 22.2. The molecule has 0 spiro atoms. The van der Waals surface area contributed by atoms with Crippen molar-refractivity contribution in [3.63, 3.8) is 0 Å². The van der Waals surface area contributed by atoms with Crippen molar-refractivity contribution in [1.82, 2.24) is 14.9 Å². The average Bonchev–Trinajstić information content (AvgIpc) is 2.53. The van der Waals surface area contributed by atoms with E-state index in [2.05, 4.69) is 20.6 Å². The van der Waals surface area contributed by atoms with Gasteiger partial charge < -0.3 is 20.3 Å². The maximum atomic E-state index is 12.2. The zero-order valence-corrected chi connectivity index (χ0v) is 12.9. The number of likely N-dealkylation sites (tertiary alicyclic amines) is 1. The van der Waals surface area contributed by atoms with Gasteiger partial charge in [0.1, 0.15) is 5.75 Å². The monoisotopic (exact) mass is 313 g/mol. The fraction of sp³-hybridized carbons (Fsp3) is 0.312. The van der Waals surface area contributed by atoms with E-state index in [-0.39, 0.29) is 12.1 Å². The van der Waals surface area contributed by atoms with E-state index in [1.807, 2.05) is 31.2 Å². The van der Waals surface area contributed by atoms with Crippen LogP contribution in [0, 0.1) is 0 Å². The van der Waals surface area contributed by atoms with E-state index in [0.29, 0.717) is 37.1 Å². The zero-order valence-electron chi connectivity index (χ0n) is 12.9. The molecule has 2 aromatic rings. The molecule has 1 aliphatic rings. The van der Waals surface area contributed by atoms with E-state index in [9.17, 15) is 4.79 Å². The lowest BCUT2D eigenvalue weighted by atomic mass is 10.1. The van der Waals surface area contributed by atoms with Crippen molar-refractivity contribution < 1.29 is 9.53 Å². The van der Waals surface area contributed by atoms with Crippen LogP contribution in [0.4, 0.5) is 16.4 Å². The quantitative estimate of drug-likeness (QED) is 0.884. The third-order valence-electron chi connectivity index (χ3n) is 3.50. The second kappa shape index (κ2) is 6.95. The Labute approximate surface area is 134 Å². The summed E-state index contributed by atoms with van der Waals surface area (Å²) in [6, 6.07) is 9.22. The van der Waals surface area contributed by atoms with Gasteiger partial charge in [-0.3, -0.25) is 0 Å². The third-order valence-corrected chi connectivity index (χ3v) is 3.50. The molecule has 0 bridgehead atoms. The molecule has 2 heterocycles. The van der Waals surface area contributed by atoms with Gasteiger partial charge in [-0.05, 0) is 25.1 Å². The molecule has 3 rings (SSSR count). The smallest absolute Gasteiger partial charge is 0.322 e. The highest BCUT2D eigenvalue weighted by Crippen LogP contribution is 2.24. The fourth-order valence-electron chi connectivity index (χ4n) is 2.34. The maximum absolute atomic E-state index is 12.2. The Bertz CT molecular complexity index is 659. The highest BCUT2D eigenvalue weighted by atomic mass is 16.5. The summed E-state index contributed by atoms with van der Waals surface area (Å²) < 4.78 is 5.51. The predicted octanol–water partition coefficient (Wildman–Crippen LogP) is 2.20. The predicted molar refractivity (Wildman–Crippen MR) is 87.6 cm³/mol. The molecule has 2 amide bonds. The Morgan fingerprint density at radius 3 is 2.74 bits per heavy atom. The lowest BCUT2D eigenvalue weighted by molar-refractivity contribution is 0.171. The second-order valence-corrected chi connectivity index (χ2v) is 5.18. The summed E-state index contributed by atoms with van der Waals surface area (Å²) >= 11 is 0. The van der Waals surface area contributed by atoms with Gasteiger partial charge in [0.15, 0.2) is 0 Å². The molecule has 0 atom stereocenters. The SMILES string of the molecule is CCOc1ccccc1NC(=O)N1CC(Nc2ncccn2)C1. The normalized spacial score (nSPS) is 14.0. The molecule has 1 aromatic heterocycles. The van der Waals surface area contributed by atoms with E-state index in [0.717, 1.165) is 0 Å². The van der Waals surface area contributed by atoms with Gasteiger partial charge in [0.25, 0.3) is 0 Å². The summed E-state index contributed by atoms with van der Waals surface area (Å²) in [5, 5.41) is 6.07. The standard InChI is InChI=1S/C16H19N5O2/c1-2-23-14-7-4-3-6-13(14)20-16(22)21-10-12(11-21)19-15-17-8-5-9-18-15/h3-9,12H,2,10-11H2,1H3,(H,20,22)(H,17,18,19). The number of rotatable bonds is 5. The number of nitrogens with zero attached hydrogens (tertiary/aromatic N) is 3. The molecule has 7 nitrogen and oxygen atoms in total. The van der Waals surface area contributed by atoms with Crippen LogP contribution in [0.5, 0.6) is 5.75 Å². The van der Waals surface area contributed by atoms with Crippen LogP contribution in [0.2, 0.25) is 0 Å². The number of para-hydroxylation sites is 2. The summed E-state index contributed by atoms with van der Waals surface area (Å²) in [6.07, 6.45) is 3.37. The average molecular weight is 313 g/mol. The molecule has 2 N–H and O–H groups in total. The van der Waals surface area contributed by atoms with Crippen LogP contribution < -0.4 is 15.4 Å². The number of aromatic nitrogens is 2. The van der Waals surface area contributed by atoms with Gasteiger partial charge in [-0.1, -0.05) is 12.1 Å². The molecule has 0 radical (unpaired) electrons. The maximum Gasteiger partial charge on any atom is 0.322 e. The van der Waals surface area contributed by atoms with Crippen LogP contribution >= 0.6 is 0 Å². The highest BCUT2D eigenvalue weighted by molar-refractivity contribution is 5.91. The minimum absolute atomic E-state index is 0.135. The molecule has 7 heteroatoms. The molecule has 0 unspecified atom stereocenters. The van der Waals surface area contributed by atoms with Gasteiger partial charge in [-0.2, -0.15) is 0 Å². The molecule has 0 aliphatic carbocycles. The highest BCUT2D eigenvalue weighted by Gasteiger charge is 2.31. The molecule has 1 fully saturated rings. The van der Waals surface area contributed by atoms with Crippen LogP contribution in [0.25, 0.3) is 0 Å². The summed E-state index contributed by atoms with van der Waals surface area (Å²) in [6.45, 7) is 3.69. The summed E-state index contributed by atoms with van der Waals surface area (Å²) in [7, 11) is 0. The Balaban J connectivity index is 1.51. The van der Waals surface area contributed by atoms with Crippen LogP contribution in [0.3, 0.4) is 0 Å². The van der Waals surface area contributed by atoms with E-state index < -0.39 is 0 Å². The van der Waals surface area contributed by atoms with Crippen LogP contribution in [0.1, 0.15) is 6.92 Å². The Kier molecular flexibility index (Phi) is 4.56. The molecular weight excluding hydrogens is 294 g/mol. The molecule has 1 aromatic carbocycles. The first kappa shape index (κ1) is 15.1. The number of ether oxygens (including phenoxy) is 1. The zero-order chi connectivity index (χ0) is 16.1. The summed E-state index contributed by atoms with van der Waals surface area (Å²) in [5.74, 6) is 1.26. The number of hydrogen-bond donors (Lipinski definition) is 2. The Morgan fingerprint density at radius 1 is 1.26 bits per heavy atom. The number of nitrogens with one attached hydrogen (secondary N) is 2. The Morgan fingerprint density at radius 2 is 2.00 bits per heavy atom. The first-order valence-electron chi connectivity index (χ1n) is 7.57. The molecule has 23 heavy (non-hydrogen) atoms. The van der Waals surface area contributed by atoms with Crippen molar-refractivity contribution in [1.29, 1.82) is 0 Å². The Hall–Kier alpha value is -2.83. The third kappa shape index (κ3) is 3.68. The molecule has 120 valence electrons. The van der Waals surface area contributed by atoms with Crippen molar-refractivity contribution >= 4 is 17.7 Å². The number of carbonyl (C=O) groups excluding carboxylic acids is 1. The second-order valence-electron chi connectivity index (χ2n) is 5.18. The van der Waals surface area contributed by atoms with Gasteiger partial charge in [0.2, 0.25) is 5.95 Å². The van der Waals surface area contributed by atoms with Gasteiger partial charge in [0, 0.05) is 25.5 Å². The fourth-order valence-corrected chi connectivity index (χ4v) is 2.34. The number of amides is 2. The van der Waals surface area contributed by atoms with Crippen molar-refractivity contribution in [3.8, 4) is 5.75 Å². The van der Waals surface area contributed by atoms with Crippen molar-refractivity contribution in [2.45, 2.75) is 13.0 Å². The van der Waals surface area contributed by atoms with E-state index >= 15 is 0 Å². The summed E-state index contributed by atoms with van der Waals surface area (Å²) in [5.41, 5.74) is 0.683. The first-order chi connectivity index (χ1) is 11.3. The van der Waals surface area contributed by atoms with Crippen molar-refractivity contribution in [3.05, 3.63) is 42.7 Å². The van der Waals surface area contributed by atoms with E-state index in [1.54, 1.807) is 23.4 Å². The molecule has 1 saturated heterocycles. The van der Waals surface area contributed by atoms with Gasteiger partial charge >= 0.3 is 6.03 Å². The lowest BCUT2D eigenvalue weighted by Gasteiger charge is -2.39. The van der Waals surface area contributed by atoms with Gasteiger partial charge in [-0.15, -0.1) is 0 Å². The topological polar surface area (TPSA) is 79.4 Å². The number of benzene rings is 1. The molecular formula is C16H19N5O2. The van der Waals surface area contributed by atoms with Crippen molar-refractivity contribution in [2.75, 3.05) is 30.3 Å². The van der Waals surface area contributed by atoms with Crippen LogP contribution in [0.15, 0.2) is 42.7 Å². The number of carbonyl (C=O) groups is 1. The molecule has 0 saturated carbocycles. The van der Waals surface area contributed by atoms with Gasteiger partial charge in [0.05, 0.1) is 18.3 Å². The largest absolute Gasteiger partial charge is 0.492 e. The number of anilines is 2. The van der Waals surface area contributed by atoms with E-state index in [4.69, 9.17) is 4.74 Å². The number of urea groups is 1. The van der Waals surface area contributed by atoms with Gasteiger partial charge in [-0.25, -0.2) is 14.8 Å². The van der Waals surface area contributed by atoms with E-state index in [1.165, 1.54) is 0 Å². The molecule has 1 aliphatic heterocycles. The lowest BCUT2D eigenvalue weighted by Crippen LogP contribution is -2.58. The minimum atomic E-state index is -0.135. The van der Waals surface area contributed by atoms with Crippen LogP contribution in [-0.2, 0) is 0 Å². The minimum Gasteiger partial charge on any atom is -0.492 e. The number of hydrogen-bond acceptors (Lipinski definition) is 5. The first-order valence-corrected chi connectivity index (χ1v) is 7.57. The van der Waals surface area contributed by atoms with Crippen LogP contribution in [-0.4, -0.2) is 46.6 Å².